The Morgan fingerprint density at radius 1 is 1.71 bits per heavy atom. The van der Waals surface area contributed by atoms with Crippen molar-refractivity contribution < 1.29 is 4.79 Å². The fourth-order valence-electron chi connectivity index (χ4n) is 1.90. The van der Waals surface area contributed by atoms with Gasteiger partial charge in [-0.05, 0) is 25.3 Å². The fraction of sp³-hybridized carbons (Fsp3) is 0.455. The Labute approximate surface area is 83.0 Å². The van der Waals surface area contributed by atoms with Gasteiger partial charge in [0.05, 0.1) is 0 Å². The van der Waals surface area contributed by atoms with E-state index in [1.165, 1.54) is 0 Å². The highest BCUT2D eigenvalue weighted by atomic mass is 16.1. The summed E-state index contributed by atoms with van der Waals surface area (Å²) in [5.74, 6) is 0. The predicted octanol–water partition coefficient (Wildman–Crippen LogP) is 2.07. The van der Waals surface area contributed by atoms with Crippen LogP contribution in [0, 0.1) is 11.3 Å². The lowest BCUT2D eigenvalue weighted by Crippen LogP contribution is -2.03. The molecular weight excluding hydrogens is 176 g/mol. The van der Waals surface area contributed by atoms with Gasteiger partial charge in [0.15, 0.2) is 6.29 Å². The molecule has 1 heterocycles. The molecule has 0 spiro atoms. The smallest absolute Gasteiger partial charge is 0.151 e. The van der Waals surface area contributed by atoms with Crippen molar-refractivity contribution in [2.24, 2.45) is 0 Å². The Morgan fingerprint density at radius 2 is 2.43 bits per heavy atom. The molecule has 14 heavy (non-hydrogen) atoms. The van der Waals surface area contributed by atoms with Gasteiger partial charge >= 0.3 is 0 Å². The summed E-state index contributed by atoms with van der Waals surface area (Å²) < 4.78 is 2.03. The minimum Gasteiger partial charge on any atom is -0.333 e. The van der Waals surface area contributed by atoms with Crippen molar-refractivity contribution in [3.8, 4) is 6.07 Å². The maximum Gasteiger partial charge on any atom is 0.151 e. The van der Waals surface area contributed by atoms with E-state index in [-0.39, 0.29) is 0 Å². The number of aromatic nitrogens is 1. The van der Waals surface area contributed by atoms with Crippen LogP contribution in [-0.2, 0) is 6.42 Å². The Hall–Kier alpha value is -1.56. The van der Waals surface area contributed by atoms with Gasteiger partial charge < -0.3 is 4.57 Å². The summed E-state index contributed by atoms with van der Waals surface area (Å²) in [6.07, 6.45) is 3.92. The summed E-state index contributed by atoms with van der Waals surface area (Å²) in [5.41, 5.74) is 2.32. The average Bonchev–Trinajstić information content (AvgIpc) is 2.98. The van der Waals surface area contributed by atoms with Crippen LogP contribution in [0.3, 0.4) is 0 Å². The van der Waals surface area contributed by atoms with E-state index in [1.807, 2.05) is 11.5 Å². The lowest BCUT2D eigenvalue weighted by molar-refractivity contribution is 0.112. The van der Waals surface area contributed by atoms with Crippen LogP contribution in [0.5, 0.6) is 0 Å². The van der Waals surface area contributed by atoms with Gasteiger partial charge in [-0.3, -0.25) is 4.79 Å². The molecule has 3 nitrogen and oxygen atoms in total. The van der Waals surface area contributed by atoms with E-state index in [9.17, 15) is 4.79 Å². The first-order valence-corrected chi connectivity index (χ1v) is 4.91. The summed E-state index contributed by atoms with van der Waals surface area (Å²) in [6.45, 7) is 2.02. The first-order valence-electron chi connectivity index (χ1n) is 4.91. The van der Waals surface area contributed by atoms with Gasteiger partial charge in [-0.1, -0.05) is 6.92 Å². The first-order chi connectivity index (χ1) is 6.81. The molecule has 0 N–H and O–H groups in total. The van der Waals surface area contributed by atoms with Gasteiger partial charge in [-0.25, -0.2) is 0 Å². The Bertz CT molecular complexity index is 408. The molecule has 3 heteroatoms. The molecule has 0 atom stereocenters. The normalized spacial score (nSPS) is 15.1. The number of nitrogens with zero attached hydrogens (tertiary/aromatic N) is 2. The quantitative estimate of drug-likeness (QED) is 0.681. The van der Waals surface area contributed by atoms with Crippen LogP contribution in [0.15, 0.2) is 6.07 Å². The third-order valence-corrected chi connectivity index (χ3v) is 2.66. The summed E-state index contributed by atoms with van der Waals surface area (Å²) in [4.78, 5) is 10.8. The average molecular weight is 188 g/mol. The molecule has 0 aliphatic heterocycles. The highest BCUT2D eigenvalue weighted by molar-refractivity contribution is 5.78. The number of hydrogen-bond acceptors (Lipinski definition) is 2. The molecule has 1 fully saturated rings. The lowest BCUT2D eigenvalue weighted by Gasteiger charge is -2.07. The van der Waals surface area contributed by atoms with E-state index < -0.39 is 0 Å². The number of rotatable bonds is 3. The molecule has 0 saturated heterocycles. The number of nitriles is 1. The zero-order valence-corrected chi connectivity index (χ0v) is 8.16. The largest absolute Gasteiger partial charge is 0.333 e. The summed E-state index contributed by atoms with van der Waals surface area (Å²) in [5, 5.41) is 8.94. The molecule has 72 valence electrons. The summed E-state index contributed by atoms with van der Waals surface area (Å²) >= 11 is 0. The van der Waals surface area contributed by atoms with E-state index in [0.29, 0.717) is 17.3 Å². The fourth-order valence-corrected chi connectivity index (χ4v) is 1.90. The second kappa shape index (κ2) is 3.30. The standard InChI is InChI=1S/C11H12N2O/c1-2-11-8(7-14)5-10(6-12)13(11)9-3-4-9/h5,7,9H,2-4H2,1H3. The zero-order valence-electron chi connectivity index (χ0n) is 8.16. The van der Waals surface area contributed by atoms with Crippen molar-refractivity contribution in [1.82, 2.24) is 4.57 Å². The van der Waals surface area contributed by atoms with E-state index in [0.717, 1.165) is 31.2 Å². The third-order valence-electron chi connectivity index (χ3n) is 2.66. The molecule has 1 aromatic heterocycles. The molecule has 0 amide bonds. The van der Waals surface area contributed by atoms with Gasteiger partial charge in [0.25, 0.3) is 0 Å². The molecule has 1 aliphatic rings. The Morgan fingerprint density at radius 3 is 2.86 bits per heavy atom. The van der Waals surface area contributed by atoms with Crippen LogP contribution < -0.4 is 0 Å². The van der Waals surface area contributed by atoms with Gasteiger partial charge in [0.1, 0.15) is 11.8 Å². The van der Waals surface area contributed by atoms with Gasteiger partial charge in [-0.15, -0.1) is 0 Å². The molecular formula is C11H12N2O. The number of carbonyl (C=O) groups excluding carboxylic acids is 1. The molecule has 0 radical (unpaired) electrons. The minimum atomic E-state index is 0.466. The van der Waals surface area contributed by atoms with E-state index in [2.05, 4.69) is 6.07 Å². The maximum atomic E-state index is 10.8. The SMILES string of the molecule is CCc1c(C=O)cc(C#N)n1C1CC1. The second-order valence-corrected chi connectivity index (χ2v) is 3.62. The zero-order chi connectivity index (χ0) is 10.1. The number of hydrogen-bond donors (Lipinski definition) is 0. The monoisotopic (exact) mass is 188 g/mol. The summed E-state index contributed by atoms with van der Waals surface area (Å²) in [7, 11) is 0. The van der Waals surface area contributed by atoms with Crippen LogP contribution in [0.25, 0.3) is 0 Å². The first kappa shape index (κ1) is 9.01. The van der Waals surface area contributed by atoms with Crippen LogP contribution >= 0.6 is 0 Å². The third kappa shape index (κ3) is 1.24. The van der Waals surface area contributed by atoms with Crippen molar-refractivity contribution >= 4 is 6.29 Å². The molecule has 1 aliphatic carbocycles. The molecule has 0 unspecified atom stereocenters. The molecule has 0 aromatic carbocycles. The van der Waals surface area contributed by atoms with Crippen LogP contribution in [0.2, 0.25) is 0 Å². The van der Waals surface area contributed by atoms with E-state index in [4.69, 9.17) is 5.26 Å². The number of carbonyl (C=O) groups is 1. The van der Waals surface area contributed by atoms with E-state index in [1.54, 1.807) is 6.07 Å². The van der Waals surface area contributed by atoms with Crippen molar-refractivity contribution in [2.45, 2.75) is 32.2 Å². The summed E-state index contributed by atoms with van der Waals surface area (Å²) in [6, 6.07) is 4.31. The van der Waals surface area contributed by atoms with Crippen molar-refractivity contribution in [3.05, 3.63) is 23.0 Å². The van der Waals surface area contributed by atoms with E-state index >= 15 is 0 Å². The van der Waals surface area contributed by atoms with Crippen molar-refractivity contribution in [1.29, 1.82) is 5.26 Å². The van der Waals surface area contributed by atoms with Gasteiger partial charge in [0, 0.05) is 17.3 Å². The molecule has 2 rings (SSSR count). The number of aldehydes is 1. The second-order valence-electron chi connectivity index (χ2n) is 3.62. The highest BCUT2D eigenvalue weighted by Crippen LogP contribution is 2.38. The minimum absolute atomic E-state index is 0.466. The van der Waals surface area contributed by atoms with Crippen LogP contribution in [0.4, 0.5) is 0 Å². The topological polar surface area (TPSA) is 45.8 Å². The molecule has 0 bridgehead atoms. The Kier molecular flexibility index (Phi) is 2.12. The van der Waals surface area contributed by atoms with Crippen LogP contribution in [-0.4, -0.2) is 10.9 Å². The lowest BCUT2D eigenvalue weighted by atomic mass is 10.2. The van der Waals surface area contributed by atoms with Gasteiger partial charge in [0.2, 0.25) is 0 Å². The molecule has 1 saturated carbocycles. The van der Waals surface area contributed by atoms with Gasteiger partial charge in [-0.2, -0.15) is 5.26 Å². The molecule has 1 aromatic rings. The maximum absolute atomic E-state index is 10.8. The highest BCUT2D eigenvalue weighted by Gasteiger charge is 2.28. The Balaban J connectivity index is 2.57. The van der Waals surface area contributed by atoms with Crippen molar-refractivity contribution in [2.75, 3.05) is 0 Å². The van der Waals surface area contributed by atoms with Crippen LogP contribution in [0.1, 0.15) is 47.6 Å². The van der Waals surface area contributed by atoms with Crippen molar-refractivity contribution in [3.63, 3.8) is 0 Å². The predicted molar refractivity (Wildman–Crippen MR) is 52.2 cm³/mol.